The van der Waals surface area contributed by atoms with Gasteiger partial charge in [-0.25, -0.2) is 0 Å². The van der Waals surface area contributed by atoms with Gasteiger partial charge in [-0.3, -0.25) is 14.4 Å². The SMILES string of the molecule is CC/C=C\C/C=C\C/C=C\C/C=C\C/C=C\CCCCCCCCCC(=O)OCC(COC(=O)CCCCCCCCCCCCC)OC(=O)CCC/C=C\C/C=C\C/C=C\C/C=C\C/C=C\CC. The zero-order chi connectivity index (χ0) is 50.0. The highest BCUT2D eigenvalue weighted by molar-refractivity contribution is 5.71. The third kappa shape index (κ3) is 54.6. The summed E-state index contributed by atoms with van der Waals surface area (Å²) in [5.41, 5.74) is 0. The minimum atomic E-state index is -0.814. The molecule has 0 heterocycles. The molecule has 0 N–H and O–H groups in total. The van der Waals surface area contributed by atoms with Gasteiger partial charge in [0, 0.05) is 19.3 Å². The summed E-state index contributed by atoms with van der Waals surface area (Å²) in [6, 6.07) is 0. The van der Waals surface area contributed by atoms with Gasteiger partial charge in [-0.1, -0.05) is 239 Å². The Morgan fingerprint density at radius 1 is 0.304 bits per heavy atom. The molecule has 6 nitrogen and oxygen atoms in total. The first-order chi connectivity index (χ1) is 34.0. The summed E-state index contributed by atoms with van der Waals surface area (Å²) < 4.78 is 16.8. The van der Waals surface area contributed by atoms with Crippen molar-refractivity contribution in [2.45, 2.75) is 245 Å². The Hall–Kier alpha value is -4.19. The maximum absolute atomic E-state index is 12.8. The van der Waals surface area contributed by atoms with E-state index in [1.165, 1.54) is 77.0 Å². The summed E-state index contributed by atoms with van der Waals surface area (Å²) in [6.07, 6.45) is 77.6. The van der Waals surface area contributed by atoms with Gasteiger partial charge in [-0.15, -0.1) is 0 Å². The van der Waals surface area contributed by atoms with Crippen molar-refractivity contribution in [2.75, 3.05) is 13.2 Å². The van der Waals surface area contributed by atoms with E-state index in [1.54, 1.807) is 0 Å². The fraction of sp³-hybridized carbons (Fsp3) is 0.635. The standard InChI is InChI=1S/C63H102O6/c1-4-7-10-13-16-19-22-24-26-28-29-30-31-32-33-35-36-38-41-44-47-50-53-56-62(65)68-59-60(58-67-61(64)55-52-49-46-43-40-21-18-15-12-9-6-3)69-63(66)57-54-51-48-45-42-39-37-34-27-25-23-20-17-14-11-8-5-2/h7-8,10-11,16-17,19-20,24-27,29-30,32-33,37,39,45,48,60H,4-6,9,12-15,18,21-23,28,31,34-36,38,40-44,46-47,49-59H2,1-3H3/b10-7-,11-8-,19-16-,20-17-,26-24-,27-25-,30-29-,33-32-,39-37-,48-45-. The Bertz CT molecular complexity index is 1470. The number of rotatable bonds is 49. The maximum atomic E-state index is 12.8. The van der Waals surface area contributed by atoms with Crippen molar-refractivity contribution < 1.29 is 28.6 Å². The first kappa shape index (κ1) is 64.8. The Morgan fingerprint density at radius 3 is 0.928 bits per heavy atom. The van der Waals surface area contributed by atoms with Crippen molar-refractivity contribution in [1.29, 1.82) is 0 Å². The molecule has 390 valence electrons. The lowest BCUT2D eigenvalue weighted by molar-refractivity contribution is -0.167. The molecule has 0 aromatic carbocycles. The lowest BCUT2D eigenvalue weighted by Gasteiger charge is -2.18. The normalized spacial score (nSPS) is 13.0. The monoisotopic (exact) mass is 955 g/mol. The van der Waals surface area contributed by atoms with Gasteiger partial charge in [0.25, 0.3) is 0 Å². The third-order valence-corrected chi connectivity index (χ3v) is 11.5. The number of unbranched alkanes of at least 4 members (excludes halogenated alkanes) is 18. The van der Waals surface area contributed by atoms with Crippen LogP contribution in [0.3, 0.4) is 0 Å². The van der Waals surface area contributed by atoms with Crippen molar-refractivity contribution in [3.05, 3.63) is 122 Å². The molecule has 69 heavy (non-hydrogen) atoms. The minimum Gasteiger partial charge on any atom is -0.462 e. The first-order valence-corrected chi connectivity index (χ1v) is 28.0. The second-order valence-corrected chi connectivity index (χ2v) is 18.1. The molecule has 0 aliphatic heterocycles. The maximum Gasteiger partial charge on any atom is 0.306 e. The van der Waals surface area contributed by atoms with Crippen LogP contribution in [0, 0.1) is 0 Å². The number of carbonyl (C=O) groups is 3. The van der Waals surface area contributed by atoms with Crippen LogP contribution in [0.2, 0.25) is 0 Å². The second-order valence-electron chi connectivity index (χ2n) is 18.1. The highest BCUT2D eigenvalue weighted by Gasteiger charge is 2.19. The van der Waals surface area contributed by atoms with E-state index in [0.29, 0.717) is 19.3 Å². The van der Waals surface area contributed by atoms with Gasteiger partial charge in [0.15, 0.2) is 6.10 Å². The zero-order valence-corrected chi connectivity index (χ0v) is 44.5. The van der Waals surface area contributed by atoms with E-state index >= 15 is 0 Å². The fourth-order valence-corrected chi connectivity index (χ4v) is 7.33. The van der Waals surface area contributed by atoms with Crippen molar-refractivity contribution in [3.63, 3.8) is 0 Å². The van der Waals surface area contributed by atoms with Gasteiger partial charge in [-0.05, 0) is 103 Å². The molecule has 0 aliphatic carbocycles. The van der Waals surface area contributed by atoms with Crippen LogP contribution >= 0.6 is 0 Å². The molecule has 0 aliphatic rings. The summed E-state index contributed by atoms with van der Waals surface area (Å²) in [7, 11) is 0. The molecule has 0 radical (unpaired) electrons. The van der Waals surface area contributed by atoms with Crippen LogP contribution < -0.4 is 0 Å². The van der Waals surface area contributed by atoms with Crippen LogP contribution in [-0.2, 0) is 28.6 Å². The van der Waals surface area contributed by atoms with E-state index in [4.69, 9.17) is 14.2 Å². The summed E-state index contributed by atoms with van der Waals surface area (Å²) in [5, 5.41) is 0. The lowest BCUT2D eigenvalue weighted by atomic mass is 10.1. The topological polar surface area (TPSA) is 78.9 Å². The number of hydrogen-bond acceptors (Lipinski definition) is 6. The average molecular weight is 956 g/mol. The van der Waals surface area contributed by atoms with Crippen molar-refractivity contribution >= 4 is 17.9 Å². The molecule has 0 rings (SSSR count). The molecule has 0 spiro atoms. The van der Waals surface area contributed by atoms with Gasteiger partial charge >= 0.3 is 17.9 Å². The lowest BCUT2D eigenvalue weighted by Crippen LogP contribution is -2.30. The summed E-state index contributed by atoms with van der Waals surface area (Å²) in [4.78, 5) is 38.1. The van der Waals surface area contributed by atoms with Crippen LogP contribution in [0.15, 0.2) is 122 Å². The molecule has 6 heteroatoms. The molecule has 0 aromatic rings. The van der Waals surface area contributed by atoms with E-state index < -0.39 is 6.10 Å². The van der Waals surface area contributed by atoms with Gasteiger partial charge in [-0.2, -0.15) is 0 Å². The van der Waals surface area contributed by atoms with Gasteiger partial charge in [0.05, 0.1) is 0 Å². The average Bonchev–Trinajstić information content (AvgIpc) is 3.35. The Balaban J connectivity index is 4.44. The van der Waals surface area contributed by atoms with Crippen LogP contribution in [-0.4, -0.2) is 37.2 Å². The molecule has 0 fully saturated rings. The second kappa shape index (κ2) is 56.4. The Morgan fingerprint density at radius 2 is 0.580 bits per heavy atom. The highest BCUT2D eigenvalue weighted by atomic mass is 16.6. The third-order valence-electron chi connectivity index (χ3n) is 11.5. The van der Waals surface area contributed by atoms with Crippen LogP contribution in [0.25, 0.3) is 0 Å². The summed E-state index contributed by atoms with van der Waals surface area (Å²) in [6.45, 7) is 6.34. The molecular weight excluding hydrogens is 853 g/mol. The molecule has 0 saturated heterocycles. The van der Waals surface area contributed by atoms with E-state index in [1.807, 2.05) is 0 Å². The number of carbonyl (C=O) groups excluding carboxylic acids is 3. The number of esters is 3. The van der Waals surface area contributed by atoms with E-state index in [-0.39, 0.29) is 37.5 Å². The highest BCUT2D eigenvalue weighted by Crippen LogP contribution is 2.14. The molecule has 1 unspecified atom stereocenters. The van der Waals surface area contributed by atoms with E-state index in [0.717, 1.165) is 116 Å². The quantitative estimate of drug-likeness (QED) is 0.0262. The van der Waals surface area contributed by atoms with Gasteiger partial charge < -0.3 is 14.2 Å². The summed E-state index contributed by atoms with van der Waals surface area (Å²) >= 11 is 0. The van der Waals surface area contributed by atoms with Gasteiger partial charge in [0.1, 0.15) is 13.2 Å². The molecular formula is C63H102O6. The van der Waals surface area contributed by atoms with Crippen molar-refractivity contribution in [1.82, 2.24) is 0 Å². The van der Waals surface area contributed by atoms with Crippen LogP contribution in [0.4, 0.5) is 0 Å². The first-order valence-electron chi connectivity index (χ1n) is 28.0. The summed E-state index contributed by atoms with van der Waals surface area (Å²) in [5.74, 6) is -0.979. The van der Waals surface area contributed by atoms with E-state index in [2.05, 4.69) is 142 Å². The van der Waals surface area contributed by atoms with Crippen LogP contribution in [0.5, 0.6) is 0 Å². The molecule has 0 aromatic heterocycles. The Labute approximate surface area is 424 Å². The number of allylic oxidation sites excluding steroid dienone is 20. The molecule has 0 bridgehead atoms. The van der Waals surface area contributed by atoms with Gasteiger partial charge in [0.2, 0.25) is 0 Å². The van der Waals surface area contributed by atoms with E-state index in [9.17, 15) is 14.4 Å². The van der Waals surface area contributed by atoms with Crippen LogP contribution in [0.1, 0.15) is 239 Å². The molecule has 0 saturated carbocycles. The number of hydrogen-bond donors (Lipinski definition) is 0. The predicted molar refractivity (Wildman–Crippen MR) is 297 cm³/mol. The van der Waals surface area contributed by atoms with Crippen molar-refractivity contribution in [2.24, 2.45) is 0 Å². The molecule has 1 atom stereocenters. The zero-order valence-electron chi connectivity index (χ0n) is 44.5. The minimum absolute atomic E-state index is 0.105. The smallest absolute Gasteiger partial charge is 0.306 e. The number of ether oxygens (including phenoxy) is 3. The largest absolute Gasteiger partial charge is 0.462 e. The predicted octanol–water partition coefficient (Wildman–Crippen LogP) is 18.9. The fourth-order valence-electron chi connectivity index (χ4n) is 7.33. The molecule has 0 amide bonds. The Kier molecular flexibility index (Phi) is 53.0. The van der Waals surface area contributed by atoms with Crippen molar-refractivity contribution in [3.8, 4) is 0 Å².